The van der Waals surface area contributed by atoms with E-state index in [0.717, 1.165) is 4.47 Å². The molecule has 2 N–H and O–H groups in total. The average molecular weight is 242 g/mol. The fraction of sp³-hybridized carbons (Fsp3) is 0.250. The van der Waals surface area contributed by atoms with Gasteiger partial charge in [0.15, 0.2) is 0 Å². The van der Waals surface area contributed by atoms with Crippen LogP contribution in [0.4, 0.5) is 5.95 Å². The van der Waals surface area contributed by atoms with Gasteiger partial charge in [0.25, 0.3) is 0 Å². The van der Waals surface area contributed by atoms with Gasteiger partial charge in [-0.2, -0.15) is 0 Å². The van der Waals surface area contributed by atoms with E-state index in [1.54, 1.807) is 12.4 Å². The molecule has 0 aliphatic heterocycles. The summed E-state index contributed by atoms with van der Waals surface area (Å²) in [5.41, 5.74) is 0. The highest BCUT2D eigenvalue weighted by molar-refractivity contribution is 9.10. The number of hydrogen-bond donors (Lipinski definition) is 2. The average Bonchev–Trinajstić information content (AvgIpc) is 2.15. The van der Waals surface area contributed by atoms with E-state index in [1.807, 2.05) is 0 Å². The van der Waals surface area contributed by atoms with E-state index < -0.39 is 0 Å². The number of rotatable bonds is 2. The first-order valence-electron chi connectivity index (χ1n) is 3.61. The molecule has 1 rings (SSSR count). The molecule has 5 heteroatoms. The van der Waals surface area contributed by atoms with Crippen LogP contribution in [0.15, 0.2) is 16.9 Å². The van der Waals surface area contributed by atoms with E-state index in [4.69, 9.17) is 5.11 Å². The maximum Gasteiger partial charge on any atom is 0.223 e. The number of aliphatic hydroxyl groups is 1. The van der Waals surface area contributed by atoms with E-state index in [0.29, 0.717) is 12.5 Å². The number of aromatic nitrogens is 2. The van der Waals surface area contributed by atoms with Crippen LogP contribution >= 0.6 is 15.9 Å². The first kappa shape index (κ1) is 9.96. The van der Waals surface area contributed by atoms with Crippen molar-refractivity contribution in [3.05, 3.63) is 16.9 Å². The third-order valence-electron chi connectivity index (χ3n) is 1.16. The lowest BCUT2D eigenvalue weighted by Gasteiger charge is -1.98. The molecule has 0 radical (unpaired) electrons. The highest BCUT2D eigenvalue weighted by atomic mass is 79.9. The van der Waals surface area contributed by atoms with Crippen molar-refractivity contribution < 1.29 is 5.11 Å². The van der Waals surface area contributed by atoms with Crippen molar-refractivity contribution in [1.29, 1.82) is 0 Å². The molecule has 0 aliphatic rings. The fourth-order valence-corrected chi connectivity index (χ4v) is 0.850. The third kappa shape index (κ3) is 3.87. The van der Waals surface area contributed by atoms with Crippen molar-refractivity contribution >= 4 is 21.9 Å². The monoisotopic (exact) mass is 241 g/mol. The number of nitrogens with one attached hydrogen (secondary N) is 1. The van der Waals surface area contributed by atoms with E-state index in [9.17, 15) is 0 Å². The molecule has 13 heavy (non-hydrogen) atoms. The maximum absolute atomic E-state index is 8.36. The molecular formula is C8H8BrN3O. The zero-order valence-corrected chi connectivity index (χ0v) is 8.37. The Morgan fingerprint density at radius 2 is 2.08 bits per heavy atom. The van der Waals surface area contributed by atoms with Crippen molar-refractivity contribution in [2.75, 3.05) is 18.5 Å². The van der Waals surface area contributed by atoms with E-state index in [2.05, 4.69) is 43.1 Å². The van der Waals surface area contributed by atoms with Gasteiger partial charge in [-0.15, -0.1) is 0 Å². The molecular weight excluding hydrogens is 234 g/mol. The van der Waals surface area contributed by atoms with Crippen LogP contribution in [0.5, 0.6) is 0 Å². The summed E-state index contributed by atoms with van der Waals surface area (Å²) in [5.74, 6) is 5.73. The molecule has 0 spiro atoms. The smallest absolute Gasteiger partial charge is 0.223 e. The summed E-state index contributed by atoms with van der Waals surface area (Å²) in [6, 6.07) is 0. The second-order valence-electron chi connectivity index (χ2n) is 2.09. The van der Waals surface area contributed by atoms with E-state index in [-0.39, 0.29) is 6.61 Å². The summed E-state index contributed by atoms with van der Waals surface area (Å²) in [5, 5.41) is 11.2. The van der Waals surface area contributed by atoms with Gasteiger partial charge in [-0.25, -0.2) is 9.97 Å². The SMILES string of the molecule is OCC#CCNc1ncc(Br)cn1. The van der Waals surface area contributed by atoms with Crippen molar-refractivity contribution in [2.45, 2.75) is 0 Å². The van der Waals surface area contributed by atoms with Crippen molar-refractivity contribution in [3.63, 3.8) is 0 Å². The van der Waals surface area contributed by atoms with Gasteiger partial charge in [0.2, 0.25) is 5.95 Å². The van der Waals surface area contributed by atoms with Crippen LogP contribution in [0, 0.1) is 11.8 Å². The summed E-state index contributed by atoms with van der Waals surface area (Å²) in [6.45, 7) is 0.311. The number of hydrogen-bond acceptors (Lipinski definition) is 4. The van der Waals surface area contributed by atoms with Crippen molar-refractivity contribution in [3.8, 4) is 11.8 Å². The Kier molecular flexibility index (Phi) is 4.23. The van der Waals surface area contributed by atoms with Gasteiger partial charge in [-0.05, 0) is 15.9 Å². The summed E-state index contributed by atoms with van der Waals surface area (Å²) >= 11 is 3.22. The first-order chi connectivity index (χ1) is 6.33. The Balaban J connectivity index is 2.41. The van der Waals surface area contributed by atoms with Crippen molar-refractivity contribution in [2.24, 2.45) is 0 Å². The molecule has 0 unspecified atom stereocenters. The standard InChI is InChI=1S/C8H8BrN3O/c9-7-5-11-8(12-6-7)10-3-1-2-4-13/h5-6,13H,3-4H2,(H,10,11,12). The zero-order chi connectivity index (χ0) is 9.52. The predicted molar refractivity (Wildman–Crippen MR) is 53.1 cm³/mol. The molecule has 0 amide bonds. The summed E-state index contributed by atoms with van der Waals surface area (Å²) in [7, 11) is 0. The number of nitrogens with zero attached hydrogens (tertiary/aromatic N) is 2. The fourth-order valence-electron chi connectivity index (χ4n) is 0.645. The van der Waals surface area contributed by atoms with Gasteiger partial charge in [0, 0.05) is 12.4 Å². The predicted octanol–water partition coefficient (Wildman–Crippen LogP) is 0.647. The second-order valence-corrected chi connectivity index (χ2v) is 3.01. The Bertz CT molecular complexity index is 314. The Labute approximate surface area is 84.5 Å². The molecule has 0 atom stereocenters. The summed E-state index contributed by atoms with van der Waals surface area (Å²) < 4.78 is 0.833. The van der Waals surface area contributed by atoms with Crippen LogP contribution in [0.2, 0.25) is 0 Å². The van der Waals surface area contributed by atoms with E-state index >= 15 is 0 Å². The molecule has 1 heterocycles. The van der Waals surface area contributed by atoms with E-state index in [1.165, 1.54) is 0 Å². The minimum atomic E-state index is -0.122. The molecule has 0 saturated carbocycles. The van der Waals surface area contributed by atoms with Gasteiger partial charge < -0.3 is 10.4 Å². The first-order valence-corrected chi connectivity index (χ1v) is 4.40. The minimum Gasteiger partial charge on any atom is -0.384 e. The number of aliphatic hydroxyl groups excluding tert-OH is 1. The quantitative estimate of drug-likeness (QED) is 0.747. The van der Waals surface area contributed by atoms with Crippen LogP contribution in [-0.2, 0) is 0 Å². The normalized spacial score (nSPS) is 8.77. The van der Waals surface area contributed by atoms with Crippen molar-refractivity contribution in [1.82, 2.24) is 9.97 Å². The lowest BCUT2D eigenvalue weighted by Crippen LogP contribution is -2.02. The van der Waals surface area contributed by atoms with Gasteiger partial charge in [0.1, 0.15) is 6.61 Å². The van der Waals surface area contributed by atoms with Gasteiger partial charge in [-0.1, -0.05) is 11.8 Å². The summed E-state index contributed by atoms with van der Waals surface area (Å²) in [6.07, 6.45) is 3.30. The van der Waals surface area contributed by atoms with Gasteiger partial charge >= 0.3 is 0 Å². The number of anilines is 1. The van der Waals surface area contributed by atoms with Crippen LogP contribution in [0.3, 0.4) is 0 Å². The Morgan fingerprint density at radius 1 is 1.38 bits per heavy atom. The lowest BCUT2D eigenvalue weighted by atomic mass is 10.5. The molecule has 4 nitrogen and oxygen atoms in total. The molecule has 0 aromatic carbocycles. The third-order valence-corrected chi connectivity index (χ3v) is 1.57. The molecule has 0 aliphatic carbocycles. The second kappa shape index (κ2) is 5.51. The minimum absolute atomic E-state index is 0.122. The molecule has 0 bridgehead atoms. The van der Waals surface area contributed by atoms with Crippen LogP contribution < -0.4 is 5.32 Å². The number of halogens is 1. The molecule has 0 saturated heterocycles. The molecule has 0 fully saturated rings. The van der Waals surface area contributed by atoms with Gasteiger partial charge in [-0.3, -0.25) is 0 Å². The zero-order valence-electron chi connectivity index (χ0n) is 6.79. The topological polar surface area (TPSA) is 58.0 Å². The Morgan fingerprint density at radius 3 is 2.69 bits per heavy atom. The van der Waals surface area contributed by atoms with Gasteiger partial charge in [0.05, 0.1) is 11.0 Å². The lowest BCUT2D eigenvalue weighted by molar-refractivity contribution is 0.350. The molecule has 1 aromatic rings. The highest BCUT2D eigenvalue weighted by Gasteiger charge is 1.91. The van der Waals surface area contributed by atoms with Crippen LogP contribution in [0.25, 0.3) is 0 Å². The Hall–Kier alpha value is -1.12. The highest BCUT2D eigenvalue weighted by Crippen LogP contribution is 2.05. The maximum atomic E-state index is 8.36. The van der Waals surface area contributed by atoms with Crippen LogP contribution in [-0.4, -0.2) is 28.2 Å². The largest absolute Gasteiger partial charge is 0.384 e. The molecule has 68 valence electrons. The summed E-state index contributed by atoms with van der Waals surface area (Å²) in [4.78, 5) is 7.95. The van der Waals surface area contributed by atoms with Crippen LogP contribution in [0.1, 0.15) is 0 Å². The molecule has 1 aromatic heterocycles.